The molecule has 8 rings (SSSR count). The molecule has 0 amide bonds. The van der Waals surface area contributed by atoms with E-state index in [0.29, 0.717) is 0 Å². The van der Waals surface area contributed by atoms with E-state index in [1.165, 1.54) is 33.4 Å². The maximum atomic E-state index is 5.11. The van der Waals surface area contributed by atoms with Gasteiger partial charge >= 0.3 is 0 Å². The van der Waals surface area contributed by atoms with E-state index in [0.717, 1.165) is 44.7 Å². The van der Waals surface area contributed by atoms with Crippen molar-refractivity contribution in [2.75, 3.05) is 0 Å². The van der Waals surface area contributed by atoms with Crippen LogP contribution in [0.4, 0.5) is 0 Å². The highest BCUT2D eigenvalue weighted by Gasteiger charge is 2.13. The van der Waals surface area contributed by atoms with Crippen molar-refractivity contribution in [2.24, 2.45) is 0 Å². The molecule has 0 aliphatic carbocycles. The molecule has 1 aromatic heterocycles. The fourth-order valence-corrected chi connectivity index (χ4v) is 6.13. The summed E-state index contributed by atoms with van der Waals surface area (Å²) in [6, 6.07) is 64.1. The zero-order valence-electron chi connectivity index (χ0n) is 25.2. The molecule has 1 heterocycles. The summed E-state index contributed by atoms with van der Waals surface area (Å²) in [5, 5.41) is 1.04. The van der Waals surface area contributed by atoms with E-state index in [9.17, 15) is 0 Å². The number of para-hydroxylation sites is 1. The van der Waals surface area contributed by atoms with Crippen molar-refractivity contribution in [2.45, 2.75) is 0 Å². The van der Waals surface area contributed by atoms with E-state index < -0.39 is 0 Å². The minimum Gasteiger partial charge on any atom is -0.228 e. The van der Waals surface area contributed by atoms with Crippen LogP contribution < -0.4 is 0 Å². The minimum absolute atomic E-state index is 0.731. The molecule has 0 aliphatic rings. The summed E-state index contributed by atoms with van der Waals surface area (Å²) in [7, 11) is 0. The Morgan fingerprint density at radius 3 is 1.24 bits per heavy atom. The average Bonchev–Trinajstić information content (AvgIpc) is 3.15. The predicted octanol–water partition coefficient (Wildman–Crippen LogP) is 11.6. The lowest BCUT2D eigenvalue weighted by Gasteiger charge is -2.13. The Kier molecular flexibility index (Phi) is 7.22. The Morgan fingerprint density at radius 1 is 0.261 bits per heavy atom. The van der Waals surface area contributed by atoms with Gasteiger partial charge in [-0.05, 0) is 80.9 Å². The van der Waals surface area contributed by atoms with Gasteiger partial charge in [0, 0.05) is 16.5 Å². The van der Waals surface area contributed by atoms with Gasteiger partial charge in [-0.3, -0.25) is 0 Å². The Morgan fingerprint density at radius 2 is 0.652 bits per heavy atom. The molecule has 0 N–H and O–H groups in total. The molecule has 2 heteroatoms. The summed E-state index contributed by atoms with van der Waals surface area (Å²) in [4.78, 5) is 10.0. The highest BCUT2D eigenvalue weighted by atomic mass is 14.9. The number of hydrogen-bond acceptors (Lipinski definition) is 2. The van der Waals surface area contributed by atoms with Crippen LogP contribution in [-0.4, -0.2) is 9.97 Å². The molecule has 0 fully saturated rings. The molecule has 46 heavy (non-hydrogen) atoms. The number of hydrogen-bond donors (Lipinski definition) is 0. The van der Waals surface area contributed by atoms with Gasteiger partial charge in [-0.15, -0.1) is 0 Å². The number of fused-ring (bicyclic) bond motifs is 1. The summed E-state index contributed by atoms with van der Waals surface area (Å²) < 4.78 is 0. The third-order valence-corrected chi connectivity index (χ3v) is 8.45. The zero-order valence-corrected chi connectivity index (χ0v) is 25.2. The first-order valence-corrected chi connectivity index (χ1v) is 15.6. The molecule has 8 aromatic rings. The van der Waals surface area contributed by atoms with E-state index in [1.54, 1.807) is 0 Å². The van der Waals surface area contributed by atoms with E-state index in [4.69, 9.17) is 9.97 Å². The highest BCUT2D eigenvalue weighted by molar-refractivity contribution is 5.94. The molecule has 0 saturated heterocycles. The second-order valence-corrected chi connectivity index (χ2v) is 11.5. The van der Waals surface area contributed by atoms with Gasteiger partial charge in [-0.2, -0.15) is 0 Å². The summed E-state index contributed by atoms with van der Waals surface area (Å²) in [5.41, 5.74) is 13.4. The largest absolute Gasteiger partial charge is 0.228 e. The normalized spacial score (nSPS) is 11.0. The molecule has 7 aromatic carbocycles. The predicted molar refractivity (Wildman–Crippen MR) is 192 cm³/mol. The first kappa shape index (κ1) is 27.4. The van der Waals surface area contributed by atoms with Crippen LogP contribution >= 0.6 is 0 Å². The van der Waals surface area contributed by atoms with Crippen molar-refractivity contribution < 1.29 is 0 Å². The Bertz CT molecular complexity index is 2230. The first-order chi connectivity index (χ1) is 22.8. The standard InChI is InChI=1S/C44H30N2/c1-4-14-31(15-5-1)38-28-39(32-16-6-2-7-17-32)30-40(29-38)36-22-12-20-34(26-36)35-21-13-23-37(27-35)43-41-24-10-11-25-42(41)45-44(46-43)33-18-8-3-9-19-33/h1-30H. The Labute approximate surface area is 269 Å². The van der Waals surface area contributed by atoms with Crippen LogP contribution in [0, 0.1) is 0 Å². The van der Waals surface area contributed by atoms with Gasteiger partial charge in [0.05, 0.1) is 11.2 Å². The van der Waals surface area contributed by atoms with Crippen LogP contribution in [0.5, 0.6) is 0 Å². The van der Waals surface area contributed by atoms with Crippen molar-refractivity contribution in [3.05, 3.63) is 182 Å². The van der Waals surface area contributed by atoms with Gasteiger partial charge < -0.3 is 0 Å². The molecule has 0 unspecified atom stereocenters. The maximum Gasteiger partial charge on any atom is 0.160 e. The topological polar surface area (TPSA) is 25.8 Å². The monoisotopic (exact) mass is 586 g/mol. The van der Waals surface area contributed by atoms with E-state index in [-0.39, 0.29) is 0 Å². The van der Waals surface area contributed by atoms with E-state index >= 15 is 0 Å². The molecule has 0 atom stereocenters. The lowest BCUT2D eigenvalue weighted by atomic mass is 9.92. The van der Waals surface area contributed by atoms with Crippen molar-refractivity contribution in [1.82, 2.24) is 9.97 Å². The molecule has 216 valence electrons. The quantitative estimate of drug-likeness (QED) is 0.194. The SMILES string of the molecule is c1ccc(-c2cc(-c3ccccc3)cc(-c3cccc(-c4cccc(-c5nc(-c6ccccc6)nc6ccccc56)c4)c3)c2)cc1. The number of rotatable bonds is 6. The molecule has 0 spiro atoms. The molecule has 0 bridgehead atoms. The van der Waals surface area contributed by atoms with Crippen LogP contribution in [0.2, 0.25) is 0 Å². The molecule has 0 radical (unpaired) electrons. The minimum atomic E-state index is 0.731. The van der Waals surface area contributed by atoms with Crippen LogP contribution in [0.1, 0.15) is 0 Å². The lowest BCUT2D eigenvalue weighted by molar-refractivity contribution is 1.23. The number of benzene rings is 7. The summed E-state index contributed by atoms with van der Waals surface area (Å²) in [5.74, 6) is 0.731. The zero-order chi connectivity index (χ0) is 30.7. The van der Waals surface area contributed by atoms with Crippen molar-refractivity contribution in [3.63, 3.8) is 0 Å². The van der Waals surface area contributed by atoms with E-state index in [2.05, 4.69) is 158 Å². The van der Waals surface area contributed by atoms with Gasteiger partial charge in [-0.25, -0.2) is 9.97 Å². The van der Waals surface area contributed by atoms with Crippen LogP contribution in [0.15, 0.2) is 182 Å². The molecular formula is C44H30N2. The lowest BCUT2D eigenvalue weighted by Crippen LogP contribution is -1.95. The third-order valence-electron chi connectivity index (χ3n) is 8.45. The highest BCUT2D eigenvalue weighted by Crippen LogP contribution is 2.36. The molecular weight excluding hydrogens is 556 g/mol. The van der Waals surface area contributed by atoms with Crippen LogP contribution in [-0.2, 0) is 0 Å². The third kappa shape index (κ3) is 5.49. The van der Waals surface area contributed by atoms with E-state index in [1.807, 2.05) is 24.3 Å². The van der Waals surface area contributed by atoms with Crippen LogP contribution in [0.3, 0.4) is 0 Å². The summed E-state index contributed by atoms with van der Waals surface area (Å²) in [6.45, 7) is 0. The van der Waals surface area contributed by atoms with Crippen molar-refractivity contribution in [1.29, 1.82) is 0 Å². The molecule has 2 nitrogen and oxygen atoms in total. The maximum absolute atomic E-state index is 5.11. The number of aromatic nitrogens is 2. The molecule has 0 aliphatic heterocycles. The Hall–Kier alpha value is -6.12. The van der Waals surface area contributed by atoms with Gasteiger partial charge in [-0.1, -0.05) is 146 Å². The average molecular weight is 587 g/mol. The van der Waals surface area contributed by atoms with Crippen molar-refractivity contribution >= 4 is 10.9 Å². The van der Waals surface area contributed by atoms with Gasteiger partial charge in [0.25, 0.3) is 0 Å². The van der Waals surface area contributed by atoms with Crippen LogP contribution in [0.25, 0.3) is 78.1 Å². The fraction of sp³-hybridized carbons (Fsp3) is 0. The van der Waals surface area contributed by atoms with Crippen molar-refractivity contribution in [3.8, 4) is 67.2 Å². The smallest absolute Gasteiger partial charge is 0.160 e. The number of nitrogens with zero attached hydrogens (tertiary/aromatic N) is 2. The second kappa shape index (κ2) is 12.1. The molecule has 0 saturated carbocycles. The van der Waals surface area contributed by atoms with Gasteiger partial charge in [0.15, 0.2) is 5.82 Å². The van der Waals surface area contributed by atoms with Gasteiger partial charge in [0.2, 0.25) is 0 Å². The van der Waals surface area contributed by atoms with Gasteiger partial charge in [0.1, 0.15) is 0 Å². The summed E-state index contributed by atoms with van der Waals surface area (Å²) >= 11 is 0. The first-order valence-electron chi connectivity index (χ1n) is 15.6. The summed E-state index contributed by atoms with van der Waals surface area (Å²) in [6.07, 6.45) is 0. The second-order valence-electron chi connectivity index (χ2n) is 11.5. The fourth-order valence-electron chi connectivity index (χ4n) is 6.13. The Balaban J connectivity index is 1.23.